The van der Waals surface area contributed by atoms with E-state index in [4.69, 9.17) is 0 Å². The topological polar surface area (TPSA) is 64.4 Å². The van der Waals surface area contributed by atoms with E-state index in [1.54, 1.807) is 12.5 Å². The van der Waals surface area contributed by atoms with Crippen molar-refractivity contribution in [2.24, 2.45) is 0 Å². The highest BCUT2D eigenvalue weighted by molar-refractivity contribution is 5.69. The van der Waals surface area contributed by atoms with Gasteiger partial charge in [-0.2, -0.15) is 0 Å². The van der Waals surface area contributed by atoms with E-state index < -0.39 is 0 Å². The number of carbonyl (C=O) groups excluding carboxylic acids is 1. The minimum Gasteiger partial charge on any atom is -0.469 e. The van der Waals surface area contributed by atoms with Gasteiger partial charge in [-0.3, -0.25) is 4.79 Å². The predicted octanol–water partition coefficient (Wildman–Crippen LogP) is 0.327. The summed E-state index contributed by atoms with van der Waals surface area (Å²) in [6, 6.07) is 0. The lowest BCUT2D eigenvalue weighted by molar-refractivity contribution is -0.140. The second-order valence-electron chi connectivity index (χ2n) is 2.54. The predicted molar refractivity (Wildman–Crippen MR) is 44.8 cm³/mol. The van der Waals surface area contributed by atoms with Crippen molar-refractivity contribution in [1.29, 1.82) is 0 Å². The van der Waals surface area contributed by atoms with Gasteiger partial charge in [0.05, 0.1) is 19.7 Å². The number of methoxy groups -OCH3 is 1. The van der Waals surface area contributed by atoms with E-state index in [1.165, 1.54) is 7.11 Å². The van der Waals surface area contributed by atoms with Gasteiger partial charge in [0.25, 0.3) is 0 Å². The van der Waals surface area contributed by atoms with Crippen LogP contribution in [0.4, 0.5) is 0 Å². The van der Waals surface area contributed by atoms with Crippen LogP contribution in [-0.4, -0.2) is 24.8 Å². The molecule has 0 atom stereocenters. The highest BCUT2D eigenvalue weighted by Gasteiger charge is 1.99. The van der Waals surface area contributed by atoms with Gasteiger partial charge in [-0.1, -0.05) is 5.16 Å². The third kappa shape index (κ3) is 3.71. The van der Waals surface area contributed by atoms with Crippen molar-refractivity contribution in [3.8, 4) is 0 Å². The third-order valence-corrected chi connectivity index (χ3v) is 1.55. The maximum Gasteiger partial charge on any atom is 0.306 e. The Bertz CT molecular complexity index is 246. The summed E-state index contributed by atoms with van der Waals surface area (Å²) in [5.41, 5.74) is 0.963. The van der Waals surface area contributed by atoms with Crippen LogP contribution in [0.5, 0.6) is 0 Å². The van der Waals surface area contributed by atoms with Gasteiger partial charge in [-0.25, -0.2) is 0 Å². The van der Waals surface area contributed by atoms with Gasteiger partial charge in [-0.05, 0) is 0 Å². The molecule has 72 valence electrons. The summed E-state index contributed by atoms with van der Waals surface area (Å²) in [5, 5.41) is 6.60. The van der Waals surface area contributed by atoms with Gasteiger partial charge < -0.3 is 14.6 Å². The molecule has 0 aliphatic rings. The molecule has 0 aromatic carbocycles. The smallest absolute Gasteiger partial charge is 0.306 e. The fraction of sp³-hybridized carbons (Fsp3) is 0.500. The first-order valence-corrected chi connectivity index (χ1v) is 3.98. The largest absolute Gasteiger partial charge is 0.469 e. The van der Waals surface area contributed by atoms with Crippen LogP contribution in [0.25, 0.3) is 0 Å². The summed E-state index contributed by atoms with van der Waals surface area (Å²) in [7, 11) is 1.38. The zero-order valence-corrected chi connectivity index (χ0v) is 7.45. The van der Waals surface area contributed by atoms with E-state index in [0.717, 1.165) is 5.56 Å². The van der Waals surface area contributed by atoms with Gasteiger partial charge in [0.1, 0.15) is 6.26 Å². The number of aromatic nitrogens is 1. The summed E-state index contributed by atoms with van der Waals surface area (Å²) < 4.78 is 9.11. The van der Waals surface area contributed by atoms with Gasteiger partial charge >= 0.3 is 5.97 Å². The minimum absolute atomic E-state index is 0.210. The van der Waals surface area contributed by atoms with Crippen LogP contribution in [0.15, 0.2) is 17.0 Å². The first-order valence-electron chi connectivity index (χ1n) is 3.98. The Morgan fingerprint density at radius 3 is 3.23 bits per heavy atom. The molecule has 0 aliphatic heterocycles. The molecule has 0 fully saturated rings. The number of hydrogen-bond acceptors (Lipinski definition) is 5. The van der Waals surface area contributed by atoms with Crippen LogP contribution in [-0.2, 0) is 16.1 Å². The van der Waals surface area contributed by atoms with Crippen molar-refractivity contribution in [2.75, 3.05) is 13.7 Å². The van der Waals surface area contributed by atoms with Crippen LogP contribution in [0, 0.1) is 0 Å². The molecule has 0 radical (unpaired) electrons. The number of carbonyl (C=O) groups is 1. The van der Waals surface area contributed by atoms with Crippen LogP contribution in [0.3, 0.4) is 0 Å². The van der Waals surface area contributed by atoms with Crippen molar-refractivity contribution < 1.29 is 14.1 Å². The van der Waals surface area contributed by atoms with Gasteiger partial charge in [-0.15, -0.1) is 0 Å². The number of nitrogens with zero attached hydrogens (tertiary/aromatic N) is 1. The lowest BCUT2D eigenvalue weighted by Crippen LogP contribution is -2.18. The molecule has 0 spiro atoms. The van der Waals surface area contributed by atoms with Crippen LogP contribution in [0.1, 0.15) is 12.0 Å². The van der Waals surface area contributed by atoms with E-state index >= 15 is 0 Å². The van der Waals surface area contributed by atoms with Gasteiger partial charge in [0, 0.05) is 18.7 Å². The summed E-state index contributed by atoms with van der Waals surface area (Å²) in [4.78, 5) is 10.7. The molecular weight excluding hydrogens is 172 g/mol. The molecule has 13 heavy (non-hydrogen) atoms. The molecular formula is C8H12N2O3. The lowest BCUT2D eigenvalue weighted by Gasteiger charge is -2.00. The number of hydrogen-bond donors (Lipinski definition) is 1. The second-order valence-corrected chi connectivity index (χ2v) is 2.54. The molecule has 0 unspecified atom stereocenters. The number of esters is 1. The summed E-state index contributed by atoms with van der Waals surface area (Å²) >= 11 is 0. The maximum absolute atomic E-state index is 10.7. The molecule has 5 heteroatoms. The van der Waals surface area contributed by atoms with Gasteiger partial charge in [0.15, 0.2) is 0 Å². The van der Waals surface area contributed by atoms with E-state index in [-0.39, 0.29) is 5.97 Å². The zero-order chi connectivity index (χ0) is 9.52. The quantitative estimate of drug-likeness (QED) is 0.527. The molecule has 0 bridgehead atoms. The molecule has 1 N–H and O–H groups in total. The molecule has 1 aromatic rings. The first kappa shape index (κ1) is 9.73. The average molecular weight is 184 g/mol. The molecule has 0 saturated carbocycles. The molecule has 0 saturated heterocycles. The molecule has 1 rings (SSSR count). The fourth-order valence-corrected chi connectivity index (χ4v) is 0.839. The van der Waals surface area contributed by atoms with Crippen LogP contribution >= 0.6 is 0 Å². The molecule has 1 heterocycles. The zero-order valence-electron chi connectivity index (χ0n) is 7.45. The summed E-state index contributed by atoms with van der Waals surface area (Å²) in [6.45, 7) is 1.25. The molecule has 1 aromatic heterocycles. The van der Waals surface area contributed by atoms with Crippen molar-refractivity contribution in [1.82, 2.24) is 10.5 Å². The van der Waals surface area contributed by atoms with Crippen LogP contribution in [0.2, 0.25) is 0 Å². The summed E-state index contributed by atoms with van der Waals surface area (Å²) in [6.07, 6.45) is 3.57. The standard InChI is InChI=1S/C8H12N2O3/c1-12-8(11)2-3-9-4-7-5-10-13-6-7/h5-6,9H,2-4H2,1H3. The maximum atomic E-state index is 10.7. The Morgan fingerprint density at radius 1 is 1.77 bits per heavy atom. The molecule has 0 aliphatic carbocycles. The number of nitrogens with one attached hydrogen (secondary N) is 1. The normalized spacial score (nSPS) is 9.92. The van der Waals surface area contributed by atoms with E-state index in [1.807, 2.05) is 0 Å². The Kier molecular flexibility index (Phi) is 3.98. The average Bonchev–Trinajstić information content (AvgIpc) is 2.64. The molecule has 0 amide bonds. The summed E-state index contributed by atoms with van der Waals surface area (Å²) in [5.74, 6) is -0.210. The minimum atomic E-state index is -0.210. The Balaban J connectivity index is 2.05. The number of rotatable bonds is 5. The fourth-order valence-electron chi connectivity index (χ4n) is 0.839. The van der Waals surface area contributed by atoms with Crippen molar-refractivity contribution >= 4 is 5.97 Å². The van der Waals surface area contributed by atoms with E-state index in [2.05, 4.69) is 19.7 Å². The Hall–Kier alpha value is -1.36. The van der Waals surface area contributed by atoms with E-state index in [0.29, 0.717) is 19.5 Å². The molecule has 5 nitrogen and oxygen atoms in total. The van der Waals surface area contributed by atoms with Crippen LogP contribution < -0.4 is 5.32 Å². The number of ether oxygens (including phenoxy) is 1. The second kappa shape index (κ2) is 5.31. The van der Waals surface area contributed by atoms with Crippen molar-refractivity contribution in [2.45, 2.75) is 13.0 Å². The van der Waals surface area contributed by atoms with Crippen molar-refractivity contribution in [3.05, 3.63) is 18.0 Å². The SMILES string of the molecule is COC(=O)CCNCc1cnoc1. The highest BCUT2D eigenvalue weighted by Crippen LogP contribution is 1.94. The first-order chi connectivity index (χ1) is 6.33. The Morgan fingerprint density at radius 2 is 2.62 bits per heavy atom. The third-order valence-electron chi connectivity index (χ3n) is 1.55. The van der Waals surface area contributed by atoms with Crippen molar-refractivity contribution in [3.63, 3.8) is 0 Å². The monoisotopic (exact) mass is 184 g/mol. The lowest BCUT2D eigenvalue weighted by atomic mass is 10.3. The van der Waals surface area contributed by atoms with Gasteiger partial charge in [0.2, 0.25) is 0 Å². The Labute approximate surface area is 76.0 Å². The highest BCUT2D eigenvalue weighted by atomic mass is 16.5. The van der Waals surface area contributed by atoms with E-state index in [9.17, 15) is 4.79 Å².